The summed E-state index contributed by atoms with van der Waals surface area (Å²) in [6, 6.07) is -3.39. The van der Waals surface area contributed by atoms with Crippen LogP contribution in [0.4, 0.5) is 4.79 Å². The molecular weight excluding hydrogens is 362 g/mol. The minimum atomic E-state index is -4.84. The number of rotatable bonds is 6. The van der Waals surface area contributed by atoms with Crippen molar-refractivity contribution >= 4 is 28.2 Å². The average Bonchev–Trinajstić information content (AvgIpc) is 2.77. The van der Waals surface area contributed by atoms with E-state index in [9.17, 15) is 22.8 Å². The molecule has 0 saturated carbocycles. The smallest absolute Gasteiger partial charge is 0.347 e. The Labute approximate surface area is 142 Å². The Bertz CT molecular complexity index is 699. The van der Waals surface area contributed by atoms with Crippen LogP contribution < -0.4 is 16.5 Å². The minimum Gasteiger partial charge on any atom is -0.347 e. The largest absolute Gasteiger partial charge is 0.418 e. The minimum absolute atomic E-state index is 0.0278. The summed E-state index contributed by atoms with van der Waals surface area (Å²) in [5, 5.41) is 3.05. The Morgan fingerprint density at radius 3 is 2.72 bits per heavy atom. The molecule has 2 unspecified atom stereocenters. The summed E-state index contributed by atoms with van der Waals surface area (Å²) in [5.41, 5.74) is 7.70. The van der Waals surface area contributed by atoms with E-state index >= 15 is 0 Å². The van der Waals surface area contributed by atoms with E-state index in [1.165, 1.54) is 0 Å². The standard InChI is InChI=1S/C11H17N5O8S/c12-8-6(13-10(8)18)4-23-14-9(17)7-2-1-5-3-15(7)11(19)16(5)24-25(20,21)22/h5-8H,1-4,12H2,(H,13,18)(H,14,17)(H,20,21,22)/t5-,6?,7+,8?/m1/s1. The molecule has 0 aromatic heterocycles. The number of β-lactam (4-membered cyclic amide) rings is 1. The first-order valence-electron chi connectivity index (χ1n) is 7.42. The van der Waals surface area contributed by atoms with Crippen LogP contribution in [0.2, 0.25) is 0 Å². The van der Waals surface area contributed by atoms with Gasteiger partial charge in [-0.05, 0) is 12.8 Å². The van der Waals surface area contributed by atoms with Crippen molar-refractivity contribution in [2.75, 3.05) is 13.2 Å². The van der Waals surface area contributed by atoms with E-state index in [1.807, 2.05) is 0 Å². The number of piperidine rings is 1. The molecule has 3 aliphatic heterocycles. The maximum Gasteiger partial charge on any atom is 0.418 e. The molecule has 0 aromatic rings. The highest BCUT2D eigenvalue weighted by molar-refractivity contribution is 7.80. The zero-order valence-corrected chi connectivity index (χ0v) is 13.6. The highest BCUT2D eigenvalue weighted by Gasteiger charge is 2.49. The lowest BCUT2D eigenvalue weighted by Gasteiger charge is -2.33. The molecule has 13 nitrogen and oxygen atoms in total. The lowest BCUT2D eigenvalue weighted by Crippen LogP contribution is -2.68. The Balaban J connectivity index is 1.53. The molecule has 0 aliphatic carbocycles. The van der Waals surface area contributed by atoms with Crippen molar-refractivity contribution in [3.05, 3.63) is 0 Å². The molecular formula is C11H17N5O8S. The molecule has 5 N–H and O–H groups in total. The van der Waals surface area contributed by atoms with Crippen molar-refractivity contribution in [3.63, 3.8) is 0 Å². The van der Waals surface area contributed by atoms with Crippen molar-refractivity contribution in [1.29, 1.82) is 0 Å². The van der Waals surface area contributed by atoms with E-state index in [4.69, 9.17) is 15.1 Å². The van der Waals surface area contributed by atoms with Gasteiger partial charge in [0.05, 0.1) is 18.7 Å². The molecule has 3 aliphatic rings. The highest BCUT2D eigenvalue weighted by Crippen LogP contribution is 2.30. The van der Waals surface area contributed by atoms with Gasteiger partial charge in [-0.1, -0.05) is 0 Å². The van der Waals surface area contributed by atoms with Gasteiger partial charge in [0.1, 0.15) is 12.1 Å². The first-order chi connectivity index (χ1) is 11.7. The topological polar surface area (TPSA) is 181 Å². The molecule has 3 heterocycles. The summed E-state index contributed by atoms with van der Waals surface area (Å²) >= 11 is 0. The van der Waals surface area contributed by atoms with E-state index < -0.39 is 46.5 Å². The summed E-state index contributed by atoms with van der Waals surface area (Å²) in [7, 11) is -4.84. The van der Waals surface area contributed by atoms with Crippen LogP contribution >= 0.6 is 0 Å². The fourth-order valence-corrected chi connectivity index (χ4v) is 3.36. The second-order valence-electron chi connectivity index (χ2n) is 5.93. The maximum atomic E-state index is 12.2. The van der Waals surface area contributed by atoms with Gasteiger partial charge in [0.2, 0.25) is 5.91 Å². The Hall–Kier alpha value is -2.00. The Kier molecular flexibility index (Phi) is 4.54. The molecule has 0 aromatic carbocycles. The van der Waals surface area contributed by atoms with Crippen LogP contribution in [-0.4, -0.2) is 78.1 Å². The number of amides is 4. The lowest BCUT2D eigenvalue weighted by molar-refractivity contribution is -0.142. The summed E-state index contributed by atoms with van der Waals surface area (Å²) in [4.78, 5) is 41.4. The number of carbonyl (C=O) groups excluding carboxylic acids is 3. The number of carbonyl (C=O) groups is 3. The molecule has 3 saturated heterocycles. The molecule has 3 fully saturated rings. The van der Waals surface area contributed by atoms with E-state index in [-0.39, 0.29) is 25.5 Å². The zero-order chi connectivity index (χ0) is 18.4. The maximum absolute atomic E-state index is 12.2. The third kappa shape index (κ3) is 3.52. The fraction of sp³-hybridized carbons (Fsp3) is 0.727. The number of hydrogen-bond donors (Lipinski definition) is 4. The van der Waals surface area contributed by atoms with Gasteiger partial charge in [-0.2, -0.15) is 13.5 Å². The second-order valence-corrected chi connectivity index (χ2v) is 6.93. The van der Waals surface area contributed by atoms with Crippen LogP contribution in [0.1, 0.15) is 12.8 Å². The number of urea groups is 1. The molecule has 0 spiro atoms. The third-order valence-electron chi connectivity index (χ3n) is 4.30. The van der Waals surface area contributed by atoms with Crippen LogP contribution in [0.3, 0.4) is 0 Å². The van der Waals surface area contributed by atoms with Crippen molar-refractivity contribution in [2.45, 2.75) is 37.0 Å². The molecule has 25 heavy (non-hydrogen) atoms. The normalized spacial score (nSPS) is 31.6. The highest BCUT2D eigenvalue weighted by atomic mass is 32.3. The van der Waals surface area contributed by atoms with Crippen molar-refractivity contribution in [2.24, 2.45) is 5.73 Å². The van der Waals surface area contributed by atoms with Crippen molar-refractivity contribution in [3.8, 4) is 0 Å². The molecule has 3 rings (SSSR count). The number of hydrogen-bond acceptors (Lipinski definition) is 8. The predicted molar refractivity (Wildman–Crippen MR) is 77.4 cm³/mol. The lowest BCUT2D eigenvalue weighted by atomic mass is 10.0. The average molecular weight is 379 g/mol. The van der Waals surface area contributed by atoms with Crippen molar-refractivity contribution in [1.82, 2.24) is 20.8 Å². The Morgan fingerprint density at radius 2 is 2.12 bits per heavy atom. The van der Waals surface area contributed by atoms with Gasteiger partial charge in [0.15, 0.2) is 0 Å². The van der Waals surface area contributed by atoms with Gasteiger partial charge in [-0.25, -0.2) is 10.3 Å². The van der Waals surface area contributed by atoms with Gasteiger partial charge in [0.25, 0.3) is 5.91 Å². The SMILES string of the molecule is NC1C(=O)NC1CONC(=O)[C@@H]1CC[C@@H]2CN1C(=O)N2OS(=O)(=O)O. The molecule has 14 heteroatoms. The number of fused-ring (bicyclic) bond motifs is 2. The van der Waals surface area contributed by atoms with Gasteiger partial charge >= 0.3 is 16.4 Å². The van der Waals surface area contributed by atoms with E-state index in [0.717, 1.165) is 4.90 Å². The second kappa shape index (κ2) is 6.38. The molecule has 140 valence electrons. The number of nitrogens with one attached hydrogen (secondary N) is 2. The number of hydroxylamine groups is 3. The number of nitrogens with two attached hydrogens (primary N) is 1. The molecule has 4 atom stereocenters. The van der Waals surface area contributed by atoms with E-state index in [1.54, 1.807) is 0 Å². The molecule has 0 radical (unpaired) electrons. The summed E-state index contributed by atoms with van der Waals surface area (Å²) in [6.45, 7) is 0.0515. The Morgan fingerprint density at radius 1 is 1.40 bits per heavy atom. The van der Waals surface area contributed by atoms with Crippen LogP contribution in [0.15, 0.2) is 0 Å². The molecule has 4 amide bonds. The third-order valence-corrected chi connectivity index (χ3v) is 4.65. The van der Waals surface area contributed by atoms with Crippen LogP contribution in [0, 0.1) is 0 Å². The van der Waals surface area contributed by atoms with Gasteiger partial charge in [-0.3, -0.25) is 19.0 Å². The van der Waals surface area contributed by atoms with E-state index in [2.05, 4.69) is 15.1 Å². The number of nitrogens with zero attached hydrogens (tertiary/aromatic N) is 2. The summed E-state index contributed by atoms with van der Waals surface area (Å²) < 4.78 is 34.6. The van der Waals surface area contributed by atoms with Crippen LogP contribution in [-0.2, 0) is 29.1 Å². The van der Waals surface area contributed by atoms with Crippen molar-refractivity contribution < 1.29 is 36.5 Å². The first-order valence-corrected chi connectivity index (χ1v) is 8.78. The van der Waals surface area contributed by atoms with E-state index in [0.29, 0.717) is 11.5 Å². The molecule has 2 bridgehead atoms. The van der Waals surface area contributed by atoms with Gasteiger partial charge < -0.3 is 16.0 Å². The van der Waals surface area contributed by atoms with Crippen LogP contribution in [0.25, 0.3) is 0 Å². The fourth-order valence-electron chi connectivity index (χ4n) is 2.98. The summed E-state index contributed by atoms with van der Waals surface area (Å²) in [6.07, 6.45) is 0.565. The first kappa shape index (κ1) is 17.8. The van der Waals surface area contributed by atoms with Gasteiger partial charge in [-0.15, -0.1) is 4.28 Å². The quantitative estimate of drug-likeness (QED) is 0.211. The predicted octanol–water partition coefficient (Wildman–Crippen LogP) is -3.14. The zero-order valence-electron chi connectivity index (χ0n) is 12.8. The van der Waals surface area contributed by atoms with Crippen LogP contribution in [0.5, 0.6) is 0 Å². The van der Waals surface area contributed by atoms with Gasteiger partial charge in [0, 0.05) is 6.54 Å². The summed E-state index contributed by atoms with van der Waals surface area (Å²) in [5.74, 6) is -0.903. The monoisotopic (exact) mass is 379 g/mol.